The predicted molar refractivity (Wildman–Crippen MR) is 60.6 cm³/mol. The summed E-state index contributed by atoms with van der Waals surface area (Å²) in [5, 5.41) is 0. The lowest BCUT2D eigenvalue weighted by Crippen LogP contribution is -2.23. The van der Waals surface area contributed by atoms with E-state index in [1.165, 1.54) is 5.57 Å². The molecule has 0 bridgehead atoms. The van der Waals surface area contributed by atoms with Crippen LogP contribution in [0.15, 0.2) is 16.6 Å². The van der Waals surface area contributed by atoms with Gasteiger partial charge in [0.05, 0.1) is 13.2 Å². The molecule has 0 N–H and O–H groups in total. The van der Waals surface area contributed by atoms with Crippen molar-refractivity contribution in [1.29, 1.82) is 0 Å². The summed E-state index contributed by atoms with van der Waals surface area (Å²) in [5.41, 5.74) is 1.25. The number of rotatable bonds is 2. The van der Waals surface area contributed by atoms with Crippen molar-refractivity contribution in [3.8, 4) is 0 Å². The highest BCUT2D eigenvalue weighted by Gasteiger charge is 2.21. The highest BCUT2D eigenvalue weighted by molar-refractivity contribution is 5.94. The van der Waals surface area contributed by atoms with Gasteiger partial charge in [-0.05, 0) is 18.3 Å². The second kappa shape index (κ2) is 4.63. The number of dihydropyridines is 1. The second-order valence-corrected chi connectivity index (χ2v) is 4.50. The number of ether oxygens (including phenoxy) is 1. The molecule has 1 aliphatic heterocycles. The van der Waals surface area contributed by atoms with Gasteiger partial charge < -0.3 is 4.74 Å². The first-order chi connectivity index (χ1) is 6.56. The first-order valence-corrected chi connectivity index (χ1v) is 5.38. The summed E-state index contributed by atoms with van der Waals surface area (Å²) >= 11 is 0. The van der Waals surface area contributed by atoms with Gasteiger partial charge in [0.25, 0.3) is 0 Å². The van der Waals surface area contributed by atoms with Gasteiger partial charge >= 0.3 is 0 Å². The third-order valence-electron chi connectivity index (χ3n) is 2.69. The largest absolute Gasteiger partial charge is 0.481 e. The topological polar surface area (TPSA) is 21.6 Å². The van der Waals surface area contributed by atoms with Crippen LogP contribution < -0.4 is 0 Å². The molecule has 0 aromatic rings. The minimum atomic E-state index is 0.396. The molecule has 1 aliphatic rings. The van der Waals surface area contributed by atoms with Gasteiger partial charge in [-0.2, -0.15) is 0 Å². The van der Waals surface area contributed by atoms with Gasteiger partial charge in [0.15, 0.2) is 0 Å². The summed E-state index contributed by atoms with van der Waals surface area (Å²) in [6.07, 6.45) is 3.33. The summed E-state index contributed by atoms with van der Waals surface area (Å²) in [6, 6.07) is 0.396. The molecule has 1 rings (SSSR count). The van der Waals surface area contributed by atoms with Crippen LogP contribution in [0.2, 0.25) is 0 Å². The highest BCUT2D eigenvalue weighted by Crippen LogP contribution is 2.23. The SMILES string of the molecule is COC1=NC(C(C)C)CC=C1C(C)C. The van der Waals surface area contributed by atoms with E-state index in [0.29, 0.717) is 17.9 Å². The Kier molecular flexibility index (Phi) is 3.73. The maximum absolute atomic E-state index is 5.33. The lowest BCUT2D eigenvalue weighted by molar-refractivity contribution is 0.378. The summed E-state index contributed by atoms with van der Waals surface area (Å²) in [5.74, 6) is 1.93. The zero-order valence-corrected chi connectivity index (χ0v) is 9.87. The van der Waals surface area contributed by atoms with E-state index in [2.05, 4.69) is 38.8 Å². The Morgan fingerprint density at radius 2 is 2.00 bits per heavy atom. The Hall–Kier alpha value is -0.790. The van der Waals surface area contributed by atoms with Gasteiger partial charge in [0, 0.05) is 5.57 Å². The summed E-state index contributed by atoms with van der Waals surface area (Å²) in [6.45, 7) is 8.76. The standard InChI is InChI=1S/C12H21NO/c1-8(2)10-6-7-11(9(3)4)13-12(10)14-5/h6,8-9,11H,7H2,1-5H3. The number of aliphatic imine (C=N–C) groups is 1. The van der Waals surface area contributed by atoms with Gasteiger partial charge in [-0.3, -0.25) is 0 Å². The molecular weight excluding hydrogens is 174 g/mol. The van der Waals surface area contributed by atoms with Crippen LogP contribution in [-0.4, -0.2) is 19.0 Å². The van der Waals surface area contributed by atoms with Gasteiger partial charge in [0.1, 0.15) is 0 Å². The molecule has 0 saturated heterocycles. The Balaban J connectivity index is 2.82. The Labute approximate surface area is 87.1 Å². The second-order valence-electron chi connectivity index (χ2n) is 4.50. The lowest BCUT2D eigenvalue weighted by atomic mass is 9.93. The molecule has 0 fully saturated rings. The van der Waals surface area contributed by atoms with Gasteiger partial charge in [-0.15, -0.1) is 0 Å². The van der Waals surface area contributed by atoms with E-state index < -0.39 is 0 Å². The summed E-state index contributed by atoms with van der Waals surface area (Å²) < 4.78 is 5.33. The van der Waals surface area contributed by atoms with Crippen molar-refractivity contribution < 1.29 is 4.74 Å². The minimum Gasteiger partial charge on any atom is -0.481 e. The van der Waals surface area contributed by atoms with Crippen molar-refractivity contribution in [3.05, 3.63) is 11.6 Å². The molecule has 1 atom stereocenters. The van der Waals surface area contributed by atoms with Crippen LogP contribution in [0.4, 0.5) is 0 Å². The molecule has 0 spiro atoms. The van der Waals surface area contributed by atoms with E-state index in [-0.39, 0.29) is 0 Å². The zero-order chi connectivity index (χ0) is 10.7. The third kappa shape index (κ3) is 2.37. The zero-order valence-electron chi connectivity index (χ0n) is 9.87. The molecule has 2 nitrogen and oxygen atoms in total. The van der Waals surface area contributed by atoms with E-state index in [0.717, 1.165) is 12.3 Å². The van der Waals surface area contributed by atoms with E-state index >= 15 is 0 Å². The molecule has 1 unspecified atom stereocenters. The Morgan fingerprint density at radius 1 is 1.36 bits per heavy atom. The van der Waals surface area contributed by atoms with Crippen LogP contribution >= 0.6 is 0 Å². The highest BCUT2D eigenvalue weighted by atomic mass is 16.5. The van der Waals surface area contributed by atoms with Crippen molar-refractivity contribution in [3.63, 3.8) is 0 Å². The van der Waals surface area contributed by atoms with Crippen LogP contribution in [-0.2, 0) is 4.74 Å². The van der Waals surface area contributed by atoms with E-state index in [4.69, 9.17) is 4.74 Å². The summed E-state index contributed by atoms with van der Waals surface area (Å²) in [7, 11) is 1.71. The average Bonchev–Trinajstić information content (AvgIpc) is 2.16. The first-order valence-electron chi connectivity index (χ1n) is 5.38. The first kappa shape index (κ1) is 11.3. The number of hydrogen-bond donors (Lipinski definition) is 0. The van der Waals surface area contributed by atoms with Crippen LogP contribution in [0.5, 0.6) is 0 Å². The van der Waals surface area contributed by atoms with Crippen molar-refractivity contribution in [2.75, 3.05) is 7.11 Å². The fraction of sp³-hybridized carbons (Fsp3) is 0.750. The van der Waals surface area contributed by atoms with Crippen molar-refractivity contribution in [2.45, 2.75) is 40.2 Å². The number of hydrogen-bond acceptors (Lipinski definition) is 2. The fourth-order valence-corrected chi connectivity index (χ4v) is 1.69. The smallest absolute Gasteiger partial charge is 0.211 e. The molecule has 0 amide bonds. The van der Waals surface area contributed by atoms with E-state index in [1.807, 2.05) is 0 Å². The van der Waals surface area contributed by atoms with E-state index in [9.17, 15) is 0 Å². The molecule has 0 saturated carbocycles. The molecule has 0 aromatic carbocycles. The molecular formula is C12H21NO. The van der Waals surface area contributed by atoms with E-state index in [1.54, 1.807) is 7.11 Å². The van der Waals surface area contributed by atoms with Crippen molar-refractivity contribution in [1.82, 2.24) is 0 Å². The third-order valence-corrected chi connectivity index (χ3v) is 2.69. The van der Waals surface area contributed by atoms with Gasteiger partial charge in [0.2, 0.25) is 5.90 Å². The molecule has 0 aliphatic carbocycles. The molecule has 14 heavy (non-hydrogen) atoms. The minimum absolute atomic E-state index is 0.396. The van der Waals surface area contributed by atoms with Crippen LogP contribution in [0, 0.1) is 11.8 Å². The maximum Gasteiger partial charge on any atom is 0.211 e. The normalized spacial score (nSPS) is 22.4. The number of nitrogens with zero attached hydrogens (tertiary/aromatic N) is 1. The molecule has 80 valence electrons. The Morgan fingerprint density at radius 3 is 2.43 bits per heavy atom. The van der Waals surface area contributed by atoms with Crippen molar-refractivity contribution >= 4 is 5.90 Å². The van der Waals surface area contributed by atoms with Gasteiger partial charge in [-0.25, -0.2) is 4.99 Å². The van der Waals surface area contributed by atoms with Crippen molar-refractivity contribution in [2.24, 2.45) is 16.8 Å². The quantitative estimate of drug-likeness (QED) is 0.663. The monoisotopic (exact) mass is 195 g/mol. The van der Waals surface area contributed by atoms with Crippen LogP contribution in [0.25, 0.3) is 0 Å². The maximum atomic E-state index is 5.33. The summed E-state index contributed by atoms with van der Waals surface area (Å²) in [4.78, 5) is 4.63. The van der Waals surface area contributed by atoms with Gasteiger partial charge in [-0.1, -0.05) is 33.8 Å². The molecule has 1 heterocycles. The Bertz CT molecular complexity index is 251. The van der Waals surface area contributed by atoms with Crippen LogP contribution in [0.1, 0.15) is 34.1 Å². The predicted octanol–water partition coefficient (Wildman–Crippen LogP) is 3.04. The lowest BCUT2D eigenvalue weighted by Gasteiger charge is -2.24. The molecule has 0 aromatic heterocycles. The fourth-order valence-electron chi connectivity index (χ4n) is 1.69. The molecule has 2 heteroatoms. The average molecular weight is 195 g/mol. The molecule has 0 radical (unpaired) electrons. The van der Waals surface area contributed by atoms with Crippen LogP contribution in [0.3, 0.4) is 0 Å². The number of methoxy groups -OCH3 is 1.